The Morgan fingerprint density at radius 3 is 3.00 bits per heavy atom. The minimum atomic E-state index is 0.0181. The quantitative estimate of drug-likeness (QED) is 0.673. The van der Waals surface area contributed by atoms with E-state index in [2.05, 4.69) is 5.10 Å². The van der Waals surface area contributed by atoms with Gasteiger partial charge in [-0.1, -0.05) is 18.2 Å². The summed E-state index contributed by atoms with van der Waals surface area (Å²) < 4.78 is 1.69. The maximum Gasteiger partial charge on any atom is 0.154 e. The Kier molecular flexibility index (Phi) is 2.14. The molecule has 0 spiro atoms. The lowest BCUT2D eigenvalue weighted by molar-refractivity contribution is -0.112. The number of fused-ring (bicyclic) bond motifs is 1. The van der Waals surface area contributed by atoms with Crippen LogP contribution in [0.5, 0.6) is 0 Å². The molecule has 3 heteroatoms. The van der Waals surface area contributed by atoms with Gasteiger partial charge < -0.3 is 0 Å². The lowest BCUT2D eigenvalue weighted by atomic mass is 10.3. The Labute approximate surface area is 81.7 Å². The highest BCUT2D eigenvalue weighted by Crippen LogP contribution is 2.12. The second kappa shape index (κ2) is 3.46. The van der Waals surface area contributed by atoms with Crippen LogP contribution in [0.3, 0.4) is 0 Å². The first kappa shape index (κ1) is 8.69. The molecular formula is C11H10N2O. The number of hydrogen-bond acceptors (Lipinski definition) is 2. The second-order valence-electron chi connectivity index (χ2n) is 3.07. The Balaban J connectivity index is 2.48. The van der Waals surface area contributed by atoms with Crippen molar-refractivity contribution in [2.75, 3.05) is 0 Å². The molecule has 0 saturated carbocycles. The van der Waals surface area contributed by atoms with E-state index >= 15 is 0 Å². The molecule has 0 atom stereocenters. The summed E-state index contributed by atoms with van der Waals surface area (Å²) in [6.07, 6.45) is 4.95. The Hall–Kier alpha value is -1.90. The van der Waals surface area contributed by atoms with Gasteiger partial charge in [0.15, 0.2) is 5.78 Å². The van der Waals surface area contributed by atoms with E-state index in [-0.39, 0.29) is 5.78 Å². The fraction of sp³-hybridized carbons (Fsp3) is 0.0909. The normalized spacial score (nSPS) is 11.2. The summed E-state index contributed by atoms with van der Waals surface area (Å²) in [5.74, 6) is 0.0181. The highest BCUT2D eigenvalue weighted by atomic mass is 16.1. The number of carbonyl (C=O) groups excluding carboxylic acids is 1. The topological polar surface area (TPSA) is 34.9 Å². The summed E-state index contributed by atoms with van der Waals surface area (Å²) in [6.45, 7) is 1.52. The summed E-state index contributed by atoms with van der Waals surface area (Å²) >= 11 is 0. The van der Waals surface area contributed by atoms with Crippen LogP contribution in [0, 0.1) is 0 Å². The molecule has 70 valence electrons. The van der Waals surface area contributed by atoms with Gasteiger partial charge in [-0.05, 0) is 19.1 Å². The molecule has 0 radical (unpaired) electrons. The predicted octanol–water partition coefficient (Wildman–Crippen LogP) is 2.10. The zero-order valence-electron chi connectivity index (χ0n) is 7.84. The molecule has 0 aliphatic heterocycles. The first-order valence-corrected chi connectivity index (χ1v) is 4.38. The zero-order valence-corrected chi connectivity index (χ0v) is 7.84. The fourth-order valence-corrected chi connectivity index (χ4v) is 1.29. The first-order valence-electron chi connectivity index (χ1n) is 4.38. The molecule has 0 aliphatic rings. The van der Waals surface area contributed by atoms with Crippen LogP contribution < -0.4 is 0 Å². The molecule has 0 unspecified atom stereocenters. The lowest BCUT2D eigenvalue weighted by Crippen LogP contribution is -1.90. The molecule has 0 bridgehead atoms. The van der Waals surface area contributed by atoms with Crippen LogP contribution in [0.15, 0.2) is 36.5 Å². The van der Waals surface area contributed by atoms with E-state index in [1.165, 1.54) is 13.0 Å². The standard InChI is InChI=1S/C11H10N2O/c1-9(14)6-7-13-11-5-3-2-4-10(11)8-12-13/h2-8H,1H3/b7-6+. The molecule has 0 saturated heterocycles. The molecule has 0 N–H and O–H groups in total. The third kappa shape index (κ3) is 1.57. The van der Waals surface area contributed by atoms with E-state index in [9.17, 15) is 4.79 Å². The maximum absolute atomic E-state index is 10.7. The Morgan fingerprint density at radius 1 is 1.43 bits per heavy atom. The third-order valence-corrected chi connectivity index (χ3v) is 1.96. The summed E-state index contributed by atoms with van der Waals surface area (Å²) in [7, 11) is 0. The number of nitrogens with zero attached hydrogens (tertiary/aromatic N) is 2. The van der Waals surface area contributed by atoms with E-state index in [0.717, 1.165) is 10.9 Å². The smallest absolute Gasteiger partial charge is 0.154 e. The average Bonchev–Trinajstić information content (AvgIpc) is 2.58. The number of rotatable bonds is 2. The van der Waals surface area contributed by atoms with Gasteiger partial charge in [0.2, 0.25) is 0 Å². The van der Waals surface area contributed by atoms with Crippen LogP contribution in [-0.4, -0.2) is 15.6 Å². The second-order valence-corrected chi connectivity index (χ2v) is 3.07. The van der Waals surface area contributed by atoms with Crippen LogP contribution >= 0.6 is 0 Å². The van der Waals surface area contributed by atoms with Crippen LogP contribution in [0.1, 0.15) is 6.92 Å². The van der Waals surface area contributed by atoms with Crippen molar-refractivity contribution in [2.45, 2.75) is 6.92 Å². The minimum Gasteiger partial charge on any atom is -0.295 e. The lowest BCUT2D eigenvalue weighted by Gasteiger charge is -1.93. The number of aromatic nitrogens is 2. The van der Waals surface area contributed by atoms with Crippen molar-refractivity contribution in [3.63, 3.8) is 0 Å². The summed E-state index contributed by atoms with van der Waals surface area (Å²) in [5, 5.41) is 5.22. The van der Waals surface area contributed by atoms with Crippen molar-refractivity contribution in [1.82, 2.24) is 9.78 Å². The molecule has 0 amide bonds. The van der Waals surface area contributed by atoms with Gasteiger partial charge in [-0.25, -0.2) is 4.68 Å². The van der Waals surface area contributed by atoms with E-state index in [0.29, 0.717) is 0 Å². The van der Waals surface area contributed by atoms with Crippen molar-refractivity contribution >= 4 is 22.9 Å². The average molecular weight is 186 g/mol. The van der Waals surface area contributed by atoms with Crippen LogP contribution in [0.4, 0.5) is 0 Å². The van der Waals surface area contributed by atoms with Crippen molar-refractivity contribution < 1.29 is 4.79 Å². The third-order valence-electron chi connectivity index (χ3n) is 1.96. The SMILES string of the molecule is CC(=O)/C=C/n1ncc2ccccc21. The largest absolute Gasteiger partial charge is 0.295 e. The molecule has 1 heterocycles. The Bertz CT molecular complexity index is 497. The maximum atomic E-state index is 10.7. The number of carbonyl (C=O) groups is 1. The molecule has 0 fully saturated rings. The van der Waals surface area contributed by atoms with E-state index in [1.807, 2.05) is 24.3 Å². The number of ketones is 1. The van der Waals surface area contributed by atoms with Crippen LogP contribution in [0.25, 0.3) is 17.1 Å². The van der Waals surface area contributed by atoms with Gasteiger partial charge in [-0.15, -0.1) is 0 Å². The fourth-order valence-electron chi connectivity index (χ4n) is 1.29. The molecule has 1 aromatic heterocycles. The molecule has 14 heavy (non-hydrogen) atoms. The highest BCUT2D eigenvalue weighted by Gasteiger charge is 1.97. The van der Waals surface area contributed by atoms with Gasteiger partial charge >= 0.3 is 0 Å². The van der Waals surface area contributed by atoms with Gasteiger partial charge in [0.05, 0.1) is 11.7 Å². The number of allylic oxidation sites excluding steroid dienone is 1. The van der Waals surface area contributed by atoms with Crippen molar-refractivity contribution in [2.24, 2.45) is 0 Å². The van der Waals surface area contributed by atoms with Gasteiger partial charge in [0.25, 0.3) is 0 Å². The van der Waals surface area contributed by atoms with Crippen LogP contribution in [-0.2, 0) is 4.79 Å². The summed E-state index contributed by atoms with van der Waals surface area (Å²) in [6, 6.07) is 7.86. The number of hydrogen-bond donors (Lipinski definition) is 0. The Morgan fingerprint density at radius 2 is 2.21 bits per heavy atom. The highest BCUT2D eigenvalue weighted by molar-refractivity contribution is 5.90. The zero-order chi connectivity index (χ0) is 9.97. The molecule has 1 aromatic carbocycles. The van der Waals surface area contributed by atoms with Crippen molar-refractivity contribution in [3.05, 3.63) is 36.5 Å². The van der Waals surface area contributed by atoms with Crippen molar-refractivity contribution in [3.8, 4) is 0 Å². The van der Waals surface area contributed by atoms with E-state index in [4.69, 9.17) is 0 Å². The van der Waals surface area contributed by atoms with Gasteiger partial charge in [0, 0.05) is 11.6 Å². The van der Waals surface area contributed by atoms with E-state index < -0.39 is 0 Å². The van der Waals surface area contributed by atoms with E-state index in [1.54, 1.807) is 17.1 Å². The minimum absolute atomic E-state index is 0.0181. The monoisotopic (exact) mass is 186 g/mol. The first-order chi connectivity index (χ1) is 6.77. The molecule has 2 aromatic rings. The number of para-hydroxylation sites is 1. The van der Waals surface area contributed by atoms with Gasteiger partial charge in [-0.2, -0.15) is 5.10 Å². The molecular weight excluding hydrogens is 176 g/mol. The van der Waals surface area contributed by atoms with Gasteiger partial charge in [0.1, 0.15) is 0 Å². The molecule has 2 rings (SSSR count). The van der Waals surface area contributed by atoms with Gasteiger partial charge in [-0.3, -0.25) is 4.79 Å². The predicted molar refractivity (Wildman–Crippen MR) is 55.7 cm³/mol. The summed E-state index contributed by atoms with van der Waals surface area (Å²) in [4.78, 5) is 10.7. The summed E-state index contributed by atoms with van der Waals surface area (Å²) in [5.41, 5.74) is 1.00. The van der Waals surface area contributed by atoms with Crippen molar-refractivity contribution in [1.29, 1.82) is 0 Å². The number of benzene rings is 1. The van der Waals surface area contributed by atoms with Crippen LogP contribution in [0.2, 0.25) is 0 Å². The molecule has 3 nitrogen and oxygen atoms in total. The molecule has 0 aliphatic carbocycles.